The highest BCUT2D eigenvalue weighted by Gasteiger charge is 2.29. The number of hydrogen-bond donors (Lipinski definition) is 0. The van der Waals surface area contributed by atoms with Crippen molar-refractivity contribution in [3.05, 3.63) is 41.8 Å². The average Bonchev–Trinajstić information content (AvgIpc) is 3.33. The van der Waals surface area contributed by atoms with Gasteiger partial charge in [-0.15, -0.1) is 0 Å². The van der Waals surface area contributed by atoms with Gasteiger partial charge >= 0.3 is 0 Å². The van der Waals surface area contributed by atoms with E-state index in [-0.39, 0.29) is 11.8 Å². The van der Waals surface area contributed by atoms with Gasteiger partial charge in [0, 0.05) is 19.2 Å². The second kappa shape index (κ2) is 5.84. The van der Waals surface area contributed by atoms with Gasteiger partial charge in [0.1, 0.15) is 5.52 Å². The Hall–Kier alpha value is -2.10. The highest BCUT2D eigenvalue weighted by Crippen LogP contribution is 2.36. The third-order valence-electron chi connectivity index (χ3n) is 4.97. The Morgan fingerprint density at radius 2 is 2.13 bits per heavy atom. The zero-order chi connectivity index (χ0) is 15.8. The minimum atomic E-state index is 0.148. The number of rotatable bonds is 3. The Bertz CT molecular complexity index is 725. The molecule has 2 heterocycles. The second-order valence-electron chi connectivity index (χ2n) is 6.81. The van der Waals surface area contributed by atoms with Crippen molar-refractivity contribution >= 4 is 17.0 Å². The third kappa shape index (κ3) is 3.03. The first-order chi connectivity index (χ1) is 11.2. The number of benzene rings is 1. The maximum absolute atomic E-state index is 12.5. The molecule has 1 unspecified atom stereocenters. The minimum absolute atomic E-state index is 0.148. The van der Waals surface area contributed by atoms with Crippen molar-refractivity contribution in [3.63, 3.8) is 0 Å². The van der Waals surface area contributed by atoms with Gasteiger partial charge in [0.05, 0.1) is 5.92 Å². The van der Waals surface area contributed by atoms with Crippen molar-refractivity contribution in [3.8, 4) is 0 Å². The van der Waals surface area contributed by atoms with E-state index in [0.29, 0.717) is 12.5 Å². The number of para-hydroxylation sites is 2. The zero-order valence-electron chi connectivity index (χ0n) is 13.5. The molecule has 1 saturated heterocycles. The lowest BCUT2D eigenvalue weighted by Crippen LogP contribution is -2.38. The number of oxazole rings is 1. The third-order valence-corrected chi connectivity index (χ3v) is 4.97. The Kier molecular flexibility index (Phi) is 3.68. The Morgan fingerprint density at radius 1 is 1.30 bits per heavy atom. The summed E-state index contributed by atoms with van der Waals surface area (Å²) in [4.78, 5) is 19.1. The highest BCUT2D eigenvalue weighted by molar-refractivity contribution is 5.88. The summed E-state index contributed by atoms with van der Waals surface area (Å²) in [6.07, 6.45) is 6.35. The van der Waals surface area contributed by atoms with Crippen LogP contribution in [-0.2, 0) is 4.79 Å². The summed E-state index contributed by atoms with van der Waals surface area (Å²) in [7, 11) is 0. The van der Waals surface area contributed by atoms with E-state index in [9.17, 15) is 4.79 Å². The predicted octanol–water partition coefficient (Wildman–Crippen LogP) is 3.89. The molecule has 1 saturated carbocycles. The number of hydrogen-bond acceptors (Lipinski definition) is 3. The quantitative estimate of drug-likeness (QED) is 0.808. The van der Waals surface area contributed by atoms with Crippen LogP contribution in [0.2, 0.25) is 0 Å². The lowest BCUT2D eigenvalue weighted by Gasteiger charge is -2.30. The fourth-order valence-corrected chi connectivity index (χ4v) is 3.39. The molecule has 1 aliphatic heterocycles. The Balaban J connectivity index is 1.50. The number of amides is 1. The van der Waals surface area contributed by atoms with Crippen LogP contribution in [0.1, 0.15) is 44.4 Å². The van der Waals surface area contributed by atoms with Crippen molar-refractivity contribution < 1.29 is 9.21 Å². The zero-order valence-corrected chi connectivity index (χ0v) is 13.5. The molecule has 0 bridgehead atoms. The van der Waals surface area contributed by atoms with E-state index in [2.05, 4.69) is 11.9 Å². The smallest absolute Gasteiger partial charge is 0.246 e. The normalized spacial score (nSPS) is 22.6. The maximum Gasteiger partial charge on any atom is 0.246 e. The van der Waals surface area contributed by atoms with Crippen LogP contribution in [0.5, 0.6) is 0 Å². The molecule has 2 aliphatic rings. The topological polar surface area (TPSA) is 46.3 Å². The molecule has 4 heteroatoms. The molecule has 0 N–H and O–H groups in total. The van der Waals surface area contributed by atoms with Crippen molar-refractivity contribution in [2.24, 2.45) is 5.92 Å². The fourth-order valence-electron chi connectivity index (χ4n) is 3.39. The largest absolute Gasteiger partial charge is 0.440 e. The Morgan fingerprint density at radius 3 is 2.91 bits per heavy atom. The summed E-state index contributed by atoms with van der Waals surface area (Å²) in [5, 5.41) is 0. The molecule has 4 nitrogen and oxygen atoms in total. The number of nitrogens with zero attached hydrogens (tertiary/aromatic N) is 2. The lowest BCUT2D eigenvalue weighted by atomic mass is 9.97. The molecular formula is C19H22N2O2. The SMILES string of the molecule is C/C(=C\C(=O)N1CCCC(c2nc3ccccc3o2)C1)C1CC1. The van der Waals surface area contributed by atoms with Gasteiger partial charge in [0.2, 0.25) is 5.91 Å². The molecule has 4 rings (SSSR count). The molecule has 1 atom stereocenters. The summed E-state index contributed by atoms with van der Waals surface area (Å²) < 4.78 is 5.90. The summed E-state index contributed by atoms with van der Waals surface area (Å²) in [5.74, 6) is 1.77. The van der Waals surface area contributed by atoms with Gasteiger partial charge in [-0.3, -0.25) is 4.79 Å². The van der Waals surface area contributed by atoms with Crippen molar-refractivity contribution in [1.82, 2.24) is 9.88 Å². The van der Waals surface area contributed by atoms with E-state index in [1.807, 2.05) is 35.2 Å². The van der Waals surface area contributed by atoms with E-state index in [1.165, 1.54) is 18.4 Å². The number of aromatic nitrogens is 1. The van der Waals surface area contributed by atoms with Gasteiger partial charge in [-0.1, -0.05) is 17.7 Å². The van der Waals surface area contributed by atoms with Crippen molar-refractivity contribution in [2.75, 3.05) is 13.1 Å². The van der Waals surface area contributed by atoms with Crippen molar-refractivity contribution in [1.29, 1.82) is 0 Å². The van der Waals surface area contributed by atoms with Gasteiger partial charge in [0.15, 0.2) is 11.5 Å². The predicted molar refractivity (Wildman–Crippen MR) is 89.0 cm³/mol. The number of likely N-dealkylation sites (tertiary alicyclic amines) is 1. The molecule has 1 aromatic carbocycles. The van der Waals surface area contributed by atoms with E-state index in [4.69, 9.17) is 4.42 Å². The summed E-state index contributed by atoms with van der Waals surface area (Å²) in [5.41, 5.74) is 2.96. The van der Waals surface area contributed by atoms with Crippen LogP contribution >= 0.6 is 0 Å². The number of carbonyl (C=O) groups is 1. The van der Waals surface area contributed by atoms with Gasteiger partial charge < -0.3 is 9.32 Å². The van der Waals surface area contributed by atoms with Crippen LogP contribution in [0.4, 0.5) is 0 Å². The van der Waals surface area contributed by atoms with Gasteiger partial charge in [-0.25, -0.2) is 4.98 Å². The van der Waals surface area contributed by atoms with E-state index >= 15 is 0 Å². The summed E-state index contributed by atoms with van der Waals surface area (Å²) in [6, 6.07) is 7.84. The van der Waals surface area contributed by atoms with Gasteiger partial charge in [-0.2, -0.15) is 0 Å². The highest BCUT2D eigenvalue weighted by atomic mass is 16.3. The molecule has 0 spiro atoms. The van der Waals surface area contributed by atoms with E-state index in [0.717, 1.165) is 36.4 Å². The first-order valence-electron chi connectivity index (χ1n) is 8.53. The first kappa shape index (κ1) is 14.5. The molecule has 120 valence electrons. The molecule has 2 aromatic rings. The molecule has 23 heavy (non-hydrogen) atoms. The second-order valence-corrected chi connectivity index (χ2v) is 6.81. The fraction of sp³-hybridized carbons (Fsp3) is 0.474. The maximum atomic E-state index is 12.5. The standard InChI is InChI=1S/C19H22N2O2/c1-13(14-8-9-14)11-18(22)21-10-4-5-15(12-21)19-20-16-6-2-3-7-17(16)23-19/h2-3,6-7,11,14-15H,4-5,8-10,12H2,1H3/b13-11+. The number of fused-ring (bicyclic) bond motifs is 1. The average molecular weight is 310 g/mol. The number of piperidine rings is 1. The molecule has 0 radical (unpaired) electrons. The van der Waals surface area contributed by atoms with E-state index in [1.54, 1.807) is 0 Å². The summed E-state index contributed by atoms with van der Waals surface area (Å²) in [6.45, 7) is 3.63. The van der Waals surface area contributed by atoms with Crippen LogP contribution in [-0.4, -0.2) is 28.9 Å². The molecule has 1 aliphatic carbocycles. The summed E-state index contributed by atoms with van der Waals surface area (Å²) >= 11 is 0. The van der Waals surface area contributed by atoms with Crippen LogP contribution in [0.3, 0.4) is 0 Å². The molecule has 1 aromatic heterocycles. The minimum Gasteiger partial charge on any atom is -0.440 e. The van der Waals surface area contributed by atoms with Gasteiger partial charge in [0.25, 0.3) is 0 Å². The van der Waals surface area contributed by atoms with Crippen molar-refractivity contribution in [2.45, 2.75) is 38.5 Å². The first-order valence-corrected chi connectivity index (χ1v) is 8.53. The molecule has 2 fully saturated rings. The van der Waals surface area contributed by atoms with Crippen LogP contribution in [0.15, 0.2) is 40.3 Å². The van der Waals surface area contributed by atoms with Crippen LogP contribution in [0.25, 0.3) is 11.1 Å². The Labute approximate surface area is 136 Å². The number of carbonyl (C=O) groups excluding carboxylic acids is 1. The van der Waals surface area contributed by atoms with Gasteiger partial charge in [-0.05, 0) is 50.7 Å². The molecule has 1 amide bonds. The van der Waals surface area contributed by atoms with Crippen LogP contribution < -0.4 is 0 Å². The molecular weight excluding hydrogens is 288 g/mol. The van der Waals surface area contributed by atoms with Crippen LogP contribution in [0, 0.1) is 5.92 Å². The monoisotopic (exact) mass is 310 g/mol. The van der Waals surface area contributed by atoms with E-state index < -0.39 is 0 Å². The lowest BCUT2D eigenvalue weighted by molar-refractivity contribution is -0.127. The number of allylic oxidation sites excluding steroid dienone is 1.